The SMILES string of the molecule is N#CCOc1ccc(C2NCCc3c2[nH]c2ccc(Cl)cc32)cc1. The van der Waals surface area contributed by atoms with Crippen LogP contribution in [0.4, 0.5) is 0 Å². The van der Waals surface area contributed by atoms with E-state index in [1.807, 2.05) is 48.5 Å². The summed E-state index contributed by atoms with van der Waals surface area (Å²) in [5.41, 5.74) is 4.82. The Hall–Kier alpha value is -2.48. The second-order valence-corrected chi connectivity index (χ2v) is 6.30. The lowest BCUT2D eigenvalue weighted by Gasteiger charge is -2.25. The molecule has 0 bridgehead atoms. The number of rotatable bonds is 3. The van der Waals surface area contributed by atoms with Gasteiger partial charge in [-0.15, -0.1) is 0 Å². The molecular formula is C19H16ClN3O. The molecule has 24 heavy (non-hydrogen) atoms. The van der Waals surface area contributed by atoms with Gasteiger partial charge in [-0.1, -0.05) is 23.7 Å². The molecule has 0 radical (unpaired) electrons. The molecule has 1 aliphatic heterocycles. The molecule has 4 nitrogen and oxygen atoms in total. The number of hydrogen-bond donors (Lipinski definition) is 2. The first-order valence-electron chi connectivity index (χ1n) is 7.89. The van der Waals surface area contributed by atoms with Gasteiger partial charge in [0.05, 0.1) is 6.04 Å². The van der Waals surface area contributed by atoms with Crippen molar-refractivity contribution in [3.63, 3.8) is 0 Å². The number of halogens is 1. The van der Waals surface area contributed by atoms with Crippen LogP contribution in [0.1, 0.15) is 22.9 Å². The van der Waals surface area contributed by atoms with Gasteiger partial charge in [-0.2, -0.15) is 5.26 Å². The van der Waals surface area contributed by atoms with Crippen LogP contribution in [0.15, 0.2) is 42.5 Å². The van der Waals surface area contributed by atoms with E-state index in [9.17, 15) is 0 Å². The fraction of sp³-hybridized carbons (Fsp3) is 0.211. The van der Waals surface area contributed by atoms with Crippen molar-refractivity contribution in [1.82, 2.24) is 10.3 Å². The largest absolute Gasteiger partial charge is 0.479 e. The van der Waals surface area contributed by atoms with Crippen LogP contribution >= 0.6 is 11.6 Å². The highest BCUT2D eigenvalue weighted by Crippen LogP contribution is 2.34. The van der Waals surface area contributed by atoms with E-state index >= 15 is 0 Å². The van der Waals surface area contributed by atoms with E-state index in [1.165, 1.54) is 16.6 Å². The summed E-state index contributed by atoms with van der Waals surface area (Å²) < 4.78 is 5.32. The maximum atomic E-state index is 8.59. The highest BCUT2D eigenvalue weighted by Gasteiger charge is 2.25. The first kappa shape index (κ1) is 15.1. The van der Waals surface area contributed by atoms with Crippen LogP contribution in [0.2, 0.25) is 5.02 Å². The average Bonchev–Trinajstić information content (AvgIpc) is 2.98. The van der Waals surface area contributed by atoms with Gasteiger partial charge in [-0.3, -0.25) is 0 Å². The molecule has 0 aliphatic carbocycles. The van der Waals surface area contributed by atoms with Crippen molar-refractivity contribution in [2.75, 3.05) is 13.2 Å². The predicted octanol–water partition coefficient (Wildman–Crippen LogP) is 3.96. The van der Waals surface area contributed by atoms with Crippen LogP contribution in [0.3, 0.4) is 0 Å². The molecule has 0 spiro atoms. The molecule has 1 unspecified atom stereocenters. The van der Waals surface area contributed by atoms with Crippen molar-refractivity contribution < 1.29 is 4.74 Å². The molecule has 0 amide bonds. The van der Waals surface area contributed by atoms with Gasteiger partial charge < -0.3 is 15.0 Å². The molecule has 2 aromatic carbocycles. The number of aromatic amines is 1. The summed E-state index contributed by atoms with van der Waals surface area (Å²) in [6.45, 7) is 0.984. The monoisotopic (exact) mass is 337 g/mol. The van der Waals surface area contributed by atoms with Gasteiger partial charge in [0.2, 0.25) is 0 Å². The van der Waals surface area contributed by atoms with E-state index in [0.29, 0.717) is 5.75 Å². The molecule has 1 aliphatic rings. The van der Waals surface area contributed by atoms with E-state index in [1.54, 1.807) is 0 Å². The molecule has 120 valence electrons. The van der Waals surface area contributed by atoms with E-state index in [-0.39, 0.29) is 12.6 Å². The predicted molar refractivity (Wildman–Crippen MR) is 94.4 cm³/mol. The lowest BCUT2D eigenvalue weighted by molar-refractivity contribution is 0.368. The summed E-state index contributed by atoms with van der Waals surface area (Å²) in [6, 6.07) is 16.0. The summed E-state index contributed by atoms with van der Waals surface area (Å²) >= 11 is 6.16. The maximum absolute atomic E-state index is 8.59. The highest BCUT2D eigenvalue weighted by molar-refractivity contribution is 6.31. The molecule has 3 aromatic rings. The molecule has 0 saturated carbocycles. The minimum absolute atomic E-state index is 0.0634. The zero-order chi connectivity index (χ0) is 16.5. The fourth-order valence-corrected chi connectivity index (χ4v) is 3.53. The maximum Gasteiger partial charge on any atom is 0.174 e. The van der Waals surface area contributed by atoms with Crippen molar-refractivity contribution >= 4 is 22.5 Å². The topological polar surface area (TPSA) is 60.8 Å². The Bertz CT molecular complexity index is 924. The Morgan fingerprint density at radius 2 is 2.04 bits per heavy atom. The molecular weight excluding hydrogens is 322 g/mol. The van der Waals surface area contributed by atoms with Gasteiger partial charge in [0, 0.05) is 28.2 Å². The smallest absolute Gasteiger partial charge is 0.174 e. The minimum atomic E-state index is 0.0634. The van der Waals surface area contributed by atoms with Gasteiger partial charge in [-0.05, 0) is 47.9 Å². The van der Waals surface area contributed by atoms with E-state index in [2.05, 4.69) is 10.3 Å². The molecule has 0 fully saturated rings. The summed E-state index contributed by atoms with van der Waals surface area (Å²) in [7, 11) is 0. The Kier molecular flexibility index (Phi) is 3.89. The van der Waals surface area contributed by atoms with Crippen LogP contribution in [0.25, 0.3) is 10.9 Å². The molecule has 5 heteroatoms. The quantitative estimate of drug-likeness (QED) is 0.760. The number of H-pyrrole nitrogens is 1. The fourth-order valence-electron chi connectivity index (χ4n) is 3.36. The molecule has 2 heterocycles. The van der Waals surface area contributed by atoms with Crippen LogP contribution in [0, 0.1) is 11.3 Å². The van der Waals surface area contributed by atoms with E-state index in [4.69, 9.17) is 21.6 Å². The standard InChI is InChI=1S/C19H16ClN3O/c20-13-3-6-17-16(11-13)15-7-9-22-18(19(15)23-17)12-1-4-14(5-2-12)24-10-8-21/h1-6,11,18,22-23H,7,9-10H2. The van der Waals surface area contributed by atoms with Crippen molar-refractivity contribution in [3.8, 4) is 11.8 Å². The molecule has 2 N–H and O–H groups in total. The number of nitriles is 1. The van der Waals surface area contributed by atoms with Crippen molar-refractivity contribution in [1.29, 1.82) is 5.26 Å². The number of hydrogen-bond acceptors (Lipinski definition) is 3. The third kappa shape index (κ3) is 2.62. The number of fused-ring (bicyclic) bond motifs is 3. The van der Waals surface area contributed by atoms with Gasteiger partial charge in [0.1, 0.15) is 11.8 Å². The lowest BCUT2D eigenvalue weighted by atomic mass is 9.94. The number of aromatic nitrogens is 1. The highest BCUT2D eigenvalue weighted by atomic mass is 35.5. The lowest BCUT2D eigenvalue weighted by Crippen LogP contribution is -2.30. The van der Waals surface area contributed by atoms with Gasteiger partial charge in [0.15, 0.2) is 6.61 Å². The Morgan fingerprint density at radius 3 is 2.83 bits per heavy atom. The second-order valence-electron chi connectivity index (χ2n) is 5.86. The van der Waals surface area contributed by atoms with Crippen LogP contribution in [-0.2, 0) is 6.42 Å². The van der Waals surface area contributed by atoms with Gasteiger partial charge in [-0.25, -0.2) is 0 Å². The third-order valence-corrected chi connectivity index (χ3v) is 4.67. The van der Waals surface area contributed by atoms with E-state index < -0.39 is 0 Å². The molecule has 1 atom stereocenters. The van der Waals surface area contributed by atoms with Crippen LogP contribution in [0.5, 0.6) is 5.75 Å². The number of nitrogens with one attached hydrogen (secondary N) is 2. The molecule has 1 aromatic heterocycles. The summed E-state index contributed by atoms with van der Waals surface area (Å²) in [4.78, 5) is 3.55. The first-order valence-corrected chi connectivity index (χ1v) is 8.27. The minimum Gasteiger partial charge on any atom is -0.479 e. The zero-order valence-corrected chi connectivity index (χ0v) is 13.7. The molecule has 4 rings (SSSR count). The normalized spacial score (nSPS) is 16.6. The van der Waals surface area contributed by atoms with Crippen molar-refractivity contribution in [2.45, 2.75) is 12.5 Å². The van der Waals surface area contributed by atoms with Crippen molar-refractivity contribution in [2.24, 2.45) is 0 Å². The molecule has 0 saturated heterocycles. The average molecular weight is 338 g/mol. The Balaban J connectivity index is 1.71. The van der Waals surface area contributed by atoms with E-state index in [0.717, 1.165) is 29.1 Å². The zero-order valence-electron chi connectivity index (χ0n) is 13.0. The van der Waals surface area contributed by atoms with Gasteiger partial charge >= 0.3 is 0 Å². The van der Waals surface area contributed by atoms with Crippen LogP contribution in [-0.4, -0.2) is 18.1 Å². The Morgan fingerprint density at radius 1 is 1.21 bits per heavy atom. The number of benzene rings is 2. The Labute approximate surface area is 145 Å². The summed E-state index contributed by atoms with van der Waals surface area (Å²) in [5, 5.41) is 14.1. The first-order chi connectivity index (χ1) is 11.8. The second kappa shape index (κ2) is 6.20. The summed E-state index contributed by atoms with van der Waals surface area (Å²) in [5.74, 6) is 0.708. The number of nitrogens with zero attached hydrogens (tertiary/aromatic N) is 1. The number of ether oxygens (including phenoxy) is 1. The van der Waals surface area contributed by atoms with Crippen molar-refractivity contribution in [3.05, 3.63) is 64.3 Å². The van der Waals surface area contributed by atoms with Gasteiger partial charge in [0.25, 0.3) is 0 Å². The third-order valence-electron chi connectivity index (χ3n) is 4.43. The van der Waals surface area contributed by atoms with Crippen LogP contribution < -0.4 is 10.1 Å². The summed E-state index contributed by atoms with van der Waals surface area (Å²) in [6.07, 6.45) is 0.982.